The van der Waals surface area contributed by atoms with Crippen molar-refractivity contribution in [3.05, 3.63) is 40.8 Å². The Morgan fingerprint density at radius 1 is 1.28 bits per heavy atom. The number of hydrogen-bond donors (Lipinski definition) is 1. The first-order valence-electron chi connectivity index (χ1n) is 8.63. The number of anilines is 1. The van der Waals surface area contributed by atoms with Crippen molar-refractivity contribution in [2.45, 2.75) is 51.8 Å². The van der Waals surface area contributed by atoms with Gasteiger partial charge in [0.2, 0.25) is 0 Å². The third kappa shape index (κ3) is 3.62. The van der Waals surface area contributed by atoms with Crippen LogP contribution in [-0.2, 0) is 11.3 Å². The summed E-state index contributed by atoms with van der Waals surface area (Å²) >= 11 is 0. The zero-order chi connectivity index (χ0) is 18.2. The van der Waals surface area contributed by atoms with Gasteiger partial charge in [0.15, 0.2) is 0 Å². The molecule has 0 spiro atoms. The number of carbonyl (C=O) groups is 1. The van der Waals surface area contributed by atoms with E-state index in [2.05, 4.69) is 0 Å². The first kappa shape index (κ1) is 17.3. The molecule has 0 unspecified atom stereocenters. The largest absolute Gasteiger partial charge is 0.444 e. The monoisotopic (exact) mass is 343 g/mol. The number of amides is 1. The van der Waals surface area contributed by atoms with Crippen LogP contribution in [0.5, 0.6) is 0 Å². The van der Waals surface area contributed by atoms with Crippen LogP contribution in [0.15, 0.2) is 35.3 Å². The van der Waals surface area contributed by atoms with Crippen LogP contribution in [0.25, 0.3) is 10.8 Å². The molecule has 1 aromatic heterocycles. The Bertz CT molecular complexity index is 851. The standard InChI is InChI=1S/C19H25N3O3/c1-19(2,3)25-18(24)22-10-5-6-13(22)12-21-11-9-14-15(17(21)23)7-4-8-16(14)20/h4,7-9,11,13H,5-6,10,12,20H2,1-3H3/t13-/m1/s1. The van der Waals surface area contributed by atoms with Crippen LogP contribution in [0.3, 0.4) is 0 Å². The Morgan fingerprint density at radius 2 is 2.04 bits per heavy atom. The van der Waals surface area contributed by atoms with Gasteiger partial charge < -0.3 is 19.9 Å². The van der Waals surface area contributed by atoms with Crippen LogP contribution in [0.2, 0.25) is 0 Å². The molecular formula is C19H25N3O3. The summed E-state index contributed by atoms with van der Waals surface area (Å²) in [6.07, 6.45) is 3.22. The smallest absolute Gasteiger partial charge is 0.410 e. The maximum Gasteiger partial charge on any atom is 0.410 e. The average Bonchev–Trinajstić information content (AvgIpc) is 2.97. The van der Waals surface area contributed by atoms with Crippen LogP contribution >= 0.6 is 0 Å². The second-order valence-electron chi connectivity index (χ2n) is 7.55. The molecule has 134 valence electrons. The van der Waals surface area contributed by atoms with E-state index in [4.69, 9.17) is 10.5 Å². The van der Waals surface area contributed by atoms with Gasteiger partial charge in [-0.15, -0.1) is 0 Å². The molecule has 2 aromatic rings. The number of fused-ring (bicyclic) bond motifs is 1. The summed E-state index contributed by atoms with van der Waals surface area (Å²) in [5, 5.41) is 1.36. The average molecular weight is 343 g/mol. The van der Waals surface area contributed by atoms with E-state index < -0.39 is 5.60 Å². The fourth-order valence-corrected chi connectivity index (χ4v) is 3.30. The predicted octanol–water partition coefficient (Wildman–Crippen LogP) is 2.98. The van der Waals surface area contributed by atoms with E-state index in [0.29, 0.717) is 24.2 Å². The maximum atomic E-state index is 12.7. The van der Waals surface area contributed by atoms with Gasteiger partial charge in [-0.3, -0.25) is 4.79 Å². The minimum absolute atomic E-state index is 0.0361. The number of carbonyl (C=O) groups excluding carboxylic acids is 1. The van der Waals surface area contributed by atoms with Crippen molar-refractivity contribution >= 4 is 22.6 Å². The van der Waals surface area contributed by atoms with Crippen molar-refractivity contribution < 1.29 is 9.53 Å². The highest BCUT2D eigenvalue weighted by Gasteiger charge is 2.32. The highest BCUT2D eigenvalue weighted by atomic mass is 16.6. The maximum absolute atomic E-state index is 12.7. The number of rotatable bonds is 2. The van der Waals surface area contributed by atoms with E-state index in [1.54, 1.807) is 33.9 Å². The van der Waals surface area contributed by atoms with Gasteiger partial charge in [0.25, 0.3) is 5.56 Å². The quantitative estimate of drug-likeness (QED) is 0.851. The third-order valence-electron chi connectivity index (χ3n) is 4.46. The lowest BCUT2D eigenvalue weighted by molar-refractivity contribution is 0.0213. The number of nitrogens with zero attached hydrogens (tertiary/aromatic N) is 2. The second-order valence-corrected chi connectivity index (χ2v) is 7.55. The van der Waals surface area contributed by atoms with Crippen molar-refractivity contribution in [2.24, 2.45) is 0 Å². The minimum Gasteiger partial charge on any atom is -0.444 e. The van der Waals surface area contributed by atoms with Crippen molar-refractivity contribution in [3.63, 3.8) is 0 Å². The number of hydrogen-bond acceptors (Lipinski definition) is 4. The van der Waals surface area contributed by atoms with Crippen LogP contribution in [-0.4, -0.2) is 33.7 Å². The van der Waals surface area contributed by atoms with E-state index in [9.17, 15) is 9.59 Å². The van der Waals surface area contributed by atoms with Crippen LogP contribution < -0.4 is 11.3 Å². The number of aromatic nitrogens is 1. The number of nitrogen functional groups attached to an aromatic ring is 1. The Labute approximate surface area is 147 Å². The lowest BCUT2D eigenvalue weighted by atomic mass is 10.1. The second kappa shape index (κ2) is 6.43. The Balaban J connectivity index is 1.84. The molecule has 1 aromatic carbocycles. The summed E-state index contributed by atoms with van der Waals surface area (Å²) in [5.41, 5.74) is 5.93. The zero-order valence-electron chi connectivity index (χ0n) is 15.0. The fraction of sp³-hybridized carbons (Fsp3) is 0.474. The highest BCUT2D eigenvalue weighted by molar-refractivity contribution is 5.91. The van der Waals surface area contributed by atoms with Gasteiger partial charge in [0.1, 0.15) is 5.60 Å². The molecule has 1 fully saturated rings. The van der Waals surface area contributed by atoms with Gasteiger partial charge in [0, 0.05) is 35.7 Å². The van der Waals surface area contributed by atoms with Gasteiger partial charge in [-0.2, -0.15) is 0 Å². The van der Waals surface area contributed by atoms with Gasteiger partial charge >= 0.3 is 6.09 Å². The van der Waals surface area contributed by atoms with E-state index in [-0.39, 0.29) is 17.7 Å². The highest BCUT2D eigenvalue weighted by Crippen LogP contribution is 2.23. The number of benzene rings is 1. The molecule has 0 saturated carbocycles. The van der Waals surface area contributed by atoms with Crippen molar-refractivity contribution in [3.8, 4) is 0 Å². The van der Waals surface area contributed by atoms with Gasteiger partial charge in [-0.1, -0.05) is 6.07 Å². The lowest BCUT2D eigenvalue weighted by Gasteiger charge is -2.29. The van der Waals surface area contributed by atoms with E-state index in [0.717, 1.165) is 18.2 Å². The Morgan fingerprint density at radius 3 is 2.76 bits per heavy atom. The Hall–Kier alpha value is -2.50. The molecule has 3 rings (SSSR count). The number of ether oxygens (including phenoxy) is 1. The normalized spacial score (nSPS) is 17.9. The van der Waals surface area contributed by atoms with E-state index >= 15 is 0 Å². The molecular weight excluding hydrogens is 318 g/mol. The lowest BCUT2D eigenvalue weighted by Crippen LogP contribution is -2.42. The molecule has 0 bridgehead atoms. The first-order chi connectivity index (χ1) is 11.8. The molecule has 1 aliphatic rings. The molecule has 0 radical (unpaired) electrons. The van der Waals surface area contributed by atoms with Crippen molar-refractivity contribution in [1.29, 1.82) is 0 Å². The number of nitrogens with two attached hydrogens (primary N) is 1. The zero-order valence-corrected chi connectivity index (χ0v) is 15.0. The third-order valence-corrected chi connectivity index (χ3v) is 4.46. The van der Waals surface area contributed by atoms with Gasteiger partial charge in [-0.05, 0) is 51.8 Å². The molecule has 6 nitrogen and oxygen atoms in total. The number of likely N-dealkylation sites (tertiary alicyclic amines) is 1. The summed E-state index contributed by atoms with van der Waals surface area (Å²) in [6.45, 7) is 6.69. The first-order valence-corrected chi connectivity index (χ1v) is 8.63. The molecule has 6 heteroatoms. The SMILES string of the molecule is CC(C)(C)OC(=O)N1CCC[C@@H]1Cn1ccc2c(N)cccc2c1=O. The van der Waals surface area contributed by atoms with Crippen LogP contribution in [0.1, 0.15) is 33.6 Å². The molecule has 1 saturated heterocycles. The number of pyridine rings is 1. The molecule has 1 atom stereocenters. The molecule has 2 N–H and O–H groups in total. The van der Waals surface area contributed by atoms with Crippen molar-refractivity contribution in [2.75, 3.05) is 12.3 Å². The summed E-state index contributed by atoms with van der Waals surface area (Å²) in [5.74, 6) is 0. The topological polar surface area (TPSA) is 77.6 Å². The molecule has 1 amide bonds. The van der Waals surface area contributed by atoms with E-state index in [1.165, 1.54) is 0 Å². The van der Waals surface area contributed by atoms with E-state index in [1.807, 2.05) is 26.8 Å². The summed E-state index contributed by atoms with van der Waals surface area (Å²) in [6, 6.07) is 7.18. The summed E-state index contributed by atoms with van der Waals surface area (Å²) in [4.78, 5) is 26.9. The van der Waals surface area contributed by atoms with Crippen LogP contribution in [0, 0.1) is 0 Å². The molecule has 0 aliphatic carbocycles. The minimum atomic E-state index is -0.526. The van der Waals surface area contributed by atoms with Gasteiger partial charge in [0.05, 0.1) is 6.04 Å². The Kier molecular flexibility index (Phi) is 4.45. The predicted molar refractivity (Wildman–Crippen MR) is 98.6 cm³/mol. The fourth-order valence-electron chi connectivity index (χ4n) is 3.30. The van der Waals surface area contributed by atoms with Crippen molar-refractivity contribution in [1.82, 2.24) is 9.47 Å². The molecule has 1 aliphatic heterocycles. The molecule has 2 heterocycles. The summed E-state index contributed by atoms with van der Waals surface area (Å²) < 4.78 is 7.15. The van der Waals surface area contributed by atoms with Crippen LogP contribution in [0.4, 0.5) is 10.5 Å². The molecule has 25 heavy (non-hydrogen) atoms. The summed E-state index contributed by atoms with van der Waals surface area (Å²) in [7, 11) is 0. The van der Waals surface area contributed by atoms with Gasteiger partial charge in [-0.25, -0.2) is 4.79 Å².